The van der Waals surface area contributed by atoms with Gasteiger partial charge in [0.05, 0.1) is 19.3 Å². The Morgan fingerprint density at radius 2 is 2.00 bits per heavy atom. The summed E-state index contributed by atoms with van der Waals surface area (Å²) in [4.78, 5) is 0. The molecule has 5 heteroatoms. The molecule has 0 aromatic rings. The van der Waals surface area contributed by atoms with Crippen LogP contribution in [-0.4, -0.2) is 57.6 Å². The smallest absolute Gasteiger partial charge is 0.144 e. The van der Waals surface area contributed by atoms with E-state index in [1.165, 1.54) is 0 Å². The number of aliphatic hydroxyl groups excluding tert-OH is 3. The first kappa shape index (κ1) is 9.88. The van der Waals surface area contributed by atoms with Crippen LogP contribution in [0.2, 0.25) is 0 Å². The van der Waals surface area contributed by atoms with Crippen LogP contribution in [0.5, 0.6) is 0 Å². The van der Waals surface area contributed by atoms with Gasteiger partial charge in [0.25, 0.3) is 0 Å². The van der Waals surface area contributed by atoms with Crippen molar-refractivity contribution in [1.82, 2.24) is 0 Å². The Balaban J connectivity index is 2.80. The molecule has 1 rings (SSSR count). The van der Waals surface area contributed by atoms with Crippen LogP contribution >= 0.6 is 0 Å². The Hall–Kier alpha value is -0.200. The largest absolute Gasteiger partial charge is 0.394 e. The van der Waals surface area contributed by atoms with E-state index in [4.69, 9.17) is 21.9 Å². The first-order chi connectivity index (χ1) is 5.56. The highest BCUT2D eigenvalue weighted by atomic mass is 16.6. The van der Waals surface area contributed by atoms with Gasteiger partial charge in [-0.3, -0.25) is 0 Å². The minimum absolute atomic E-state index is 0.498. The standard InChI is InChI=1S/C7H12O5/c1-4-6(10)7(11,3-9)5(2-8)12-4/h1,4-6,8-11H,2-3H2/t4-,5+,6?,7+/m0/s1. The van der Waals surface area contributed by atoms with Gasteiger partial charge in [0.2, 0.25) is 0 Å². The molecule has 4 N–H and O–H groups in total. The van der Waals surface area contributed by atoms with E-state index in [0.717, 1.165) is 0 Å². The lowest BCUT2D eigenvalue weighted by Crippen LogP contribution is -2.52. The normalized spacial score (nSPS) is 48.2. The van der Waals surface area contributed by atoms with Gasteiger partial charge in [-0.05, 0) is 6.92 Å². The van der Waals surface area contributed by atoms with Crippen LogP contribution in [0.15, 0.2) is 0 Å². The number of hydrogen-bond acceptors (Lipinski definition) is 5. The molecule has 2 radical (unpaired) electrons. The minimum Gasteiger partial charge on any atom is -0.394 e. The maximum Gasteiger partial charge on any atom is 0.144 e. The molecule has 0 aromatic carbocycles. The molecule has 4 atom stereocenters. The van der Waals surface area contributed by atoms with Gasteiger partial charge < -0.3 is 25.2 Å². The molecule has 70 valence electrons. The highest BCUT2D eigenvalue weighted by Gasteiger charge is 2.53. The summed E-state index contributed by atoms with van der Waals surface area (Å²) in [6.45, 7) is 4.04. The van der Waals surface area contributed by atoms with Crippen molar-refractivity contribution >= 4 is 0 Å². The van der Waals surface area contributed by atoms with Gasteiger partial charge in [0.1, 0.15) is 17.8 Å². The zero-order valence-electron chi connectivity index (χ0n) is 6.42. The lowest BCUT2D eigenvalue weighted by molar-refractivity contribution is -0.119. The van der Waals surface area contributed by atoms with Crippen molar-refractivity contribution in [2.45, 2.75) is 23.9 Å². The van der Waals surface area contributed by atoms with Crippen molar-refractivity contribution in [1.29, 1.82) is 0 Å². The molecule has 12 heavy (non-hydrogen) atoms. The molecule has 1 heterocycles. The zero-order valence-corrected chi connectivity index (χ0v) is 6.42. The molecular weight excluding hydrogens is 164 g/mol. The van der Waals surface area contributed by atoms with Crippen LogP contribution in [0.4, 0.5) is 0 Å². The molecule has 0 aliphatic carbocycles. The van der Waals surface area contributed by atoms with Gasteiger partial charge in [-0.2, -0.15) is 0 Å². The van der Waals surface area contributed by atoms with Crippen molar-refractivity contribution in [3.8, 4) is 0 Å². The second-order valence-corrected chi connectivity index (χ2v) is 2.87. The topological polar surface area (TPSA) is 90.2 Å². The number of aliphatic hydroxyl groups is 4. The van der Waals surface area contributed by atoms with Crippen molar-refractivity contribution < 1.29 is 25.2 Å². The van der Waals surface area contributed by atoms with Crippen molar-refractivity contribution in [2.75, 3.05) is 13.2 Å². The van der Waals surface area contributed by atoms with Gasteiger partial charge in [-0.15, -0.1) is 0 Å². The molecule has 1 aliphatic heterocycles. The van der Waals surface area contributed by atoms with E-state index in [1.807, 2.05) is 0 Å². The average Bonchev–Trinajstić information content (AvgIpc) is 2.30. The third-order valence-corrected chi connectivity index (χ3v) is 2.12. The Morgan fingerprint density at radius 3 is 2.33 bits per heavy atom. The van der Waals surface area contributed by atoms with Crippen LogP contribution in [0, 0.1) is 6.92 Å². The van der Waals surface area contributed by atoms with Crippen molar-refractivity contribution in [2.24, 2.45) is 0 Å². The maximum atomic E-state index is 9.53. The quantitative estimate of drug-likeness (QED) is 0.375. The SMILES string of the molecule is [CH][C@@H]1O[C@H](CO)[C@](O)(CO)C1O. The number of rotatable bonds is 2. The molecule has 1 saturated heterocycles. The molecule has 5 nitrogen and oxygen atoms in total. The summed E-state index contributed by atoms with van der Waals surface area (Å²) < 4.78 is 4.80. The van der Waals surface area contributed by atoms with Crippen molar-refractivity contribution in [3.05, 3.63) is 6.92 Å². The molecule has 1 aliphatic rings. The van der Waals surface area contributed by atoms with E-state index in [-0.39, 0.29) is 0 Å². The maximum absolute atomic E-state index is 9.53. The van der Waals surface area contributed by atoms with E-state index in [2.05, 4.69) is 0 Å². The Kier molecular flexibility index (Phi) is 2.70. The summed E-state index contributed by atoms with van der Waals surface area (Å²) in [5.74, 6) is 0. The van der Waals surface area contributed by atoms with Crippen LogP contribution in [0.25, 0.3) is 0 Å². The fraction of sp³-hybridized carbons (Fsp3) is 0.857. The summed E-state index contributed by atoms with van der Waals surface area (Å²) in [7, 11) is 0. The van der Waals surface area contributed by atoms with Gasteiger partial charge in [-0.25, -0.2) is 0 Å². The average molecular weight is 176 g/mol. The molecule has 0 bridgehead atoms. The molecule has 0 saturated carbocycles. The van der Waals surface area contributed by atoms with Crippen LogP contribution in [0.1, 0.15) is 0 Å². The van der Waals surface area contributed by atoms with Gasteiger partial charge >= 0.3 is 0 Å². The second kappa shape index (κ2) is 3.27. The highest BCUT2D eigenvalue weighted by molar-refractivity contribution is 5.03. The first-order valence-electron chi connectivity index (χ1n) is 3.59. The Labute approximate surface area is 70.2 Å². The van der Waals surface area contributed by atoms with Gasteiger partial charge in [0.15, 0.2) is 0 Å². The summed E-state index contributed by atoms with van der Waals surface area (Å²) in [6, 6.07) is 0. The van der Waals surface area contributed by atoms with Crippen LogP contribution in [0.3, 0.4) is 0 Å². The van der Waals surface area contributed by atoms with Crippen LogP contribution < -0.4 is 0 Å². The Morgan fingerprint density at radius 1 is 1.42 bits per heavy atom. The summed E-state index contributed by atoms with van der Waals surface area (Å²) in [5.41, 5.74) is -1.85. The van der Waals surface area contributed by atoms with Crippen LogP contribution in [-0.2, 0) is 4.74 Å². The lowest BCUT2D eigenvalue weighted by Gasteiger charge is -2.27. The third-order valence-electron chi connectivity index (χ3n) is 2.12. The molecular formula is C7H12O5. The molecule has 0 aromatic heterocycles. The van der Waals surface area contributed by atoms with Crippen molar-refractivity contribution in [3.63, 3.8) is 0 Å². The first-order valence-corrected chi connectivity index (χ1v) is 3.59. The van der Waals surface area contributed by atoms with E-state index in [9.17, 15) is 10.2 Å². The fourth-order valence-corrected chi connectivity index (χ4v) is 1.25. The summed E-state index contributed by atoms with van der Waals surface area (Å²) in [5, 5.41) is 36.2. The van der Waals surface area contributed by atoms with E-state index >= 15 is 0 Å². The molecule has 1 unspecified atom stereocenters. The molecule has 1 fully saturated rings. The summed E-state index contributed by atoms with van der Waals surface area (Å²) in [6.07, 6.45) is -3.48. The fourth-order valence-electron chi connectivity index (χ4n) is 1.25. The lowest BCUT2D eigenvalue weighted by atomic mass is 9.92. The zero-order chi connectivity index (χ0) is 9.35. The minimum atomic E-state index is -1.85. The van der Waals surface area contributed by atoms with E-state index in [1.54, 1.807) is 0 Å². The van der Waals surface area contributed by atoms with Gasteiger partial charge in [-0.1, -0.05) is 0 Å². The third kappa shape index (κ3) is 1.23. The highest BCUT2D eigenvalue weighted by Crippen LogP contribution is 2.30. The Bertz CT molecular complexity index is 162. The number of ether oxygens (including phenoxy) is 1. The predicted octanol–water partition coefficient (Wildman–Crippen LogP) is -2.46. The van der Waals surface area contributed by atoms with E-state index in [0.29, 0.717) is 0 Å². The van der Waals surface area contributed by atoms with E-state index < -0.39 is 37.1 Å². The summed E-state index contributed by atoms with van der Waals surface area (Å²) >= 11 is 0. The molecule has 0 amide bonds. The molecule has 0 spiro atoms. The predicted molar refractivity (Wildman–Crippen MR) is 38.1 cm³/mol. The monoisotopic (exact) mass is 176 g/mol. The van der Waals surface area contributed by atoms with Gasteiger partial charge in [0, 0.05) is 0 Å². The number of hydrogen-bond donors (Lipinski definition) is 4. The second-order valence-electron chi connectivity index (χ2n) is 2.87.